The molecule has 1 aliphatic rings. The fraction of sp³-hybridized carbons (Fsp3) is 0.333. The topological polar surface area (TPSA) is 75.8 Å². The molecule has 0 saturated heterocycles. The molecule has 2 heterocycles. The van der Waals surface area contributed by atoms with Gasteiger partial charge in [0.2, 0.25) is 5.50 Å². The van der Waals surface area contributed by atoms with Gasteiger partial charge in [0.15, 0.2) is 15.4 Å². The normalized spacial score (nSPS) is 18.4. The zero-order valence-electron chi connectivity index (χ0n) is 13.6. The van der Waals surface area contributed by atoms with Crippen LogP contribution < -0.4 is 4.90 Å². The van der Waals surface area contributed by atoms with Crippen LogP contribution in [0.3, 0.4) is 0 Å². The summed E-state index contributed by atoms with van der Waals surface area (Å²) in [5, 5.41) is 0. The number of aromatic nitrogens is 1. The highest BCUT2D eigenvalue weighted by molar-refractivity contribution is 7.92. The van der Waals surface area contributed by atoms with Crippen molar-refractivity contribution in [1.82, 2.24) is 4.98 Å². The minimum absolute atomic E-state index is 0.0812. The predicted octanol–water partition coefficient (Wildman–Crippen LogP) is 3.60. The molecule has 0 fully saturated rings. The van der Waals surface area contributed by atoms with Crippen molar-refractivity contribution in [2.45, 2.75) is 24.5 Å². The number of benzene rings is 1. The second-order valence-electron chi connectivity index (χ2n) is 5.58. The molecular weight excluding hydrogens is 397 g/mol. The fourth-order valence-electron chi connectivity index (χ4n) is 2.36. The van der Waals surface area contributed by atoms with Crippen molar-refractivity contribution in [2.75, 3.05) is 10.7 Å². The van der Waals surface area contributed by atoms with E-state index < -0.39 is 33.0 Å². The summed E-state index contributed by atoms with van der Waals surface area (Å²) in [7, 11) is -3.70. The van der Waals surface area contributed by atoms with E-state index in [1.807, 2.05) is 0 Å². The number of aliphatic imine (C=N–C) groups is 1. The molecule has 0 radical (unpaired) electrons. The number of allylic oxidation sites excluding steroid dienone is 1. The molecule has 6 nitrogen and oxygen atoms in total. The van der Waals surface area contributed by atoms with Gasteiger partial charge in [-0.3, -0.25) is 9.89 Å². The molecular formula is C15H12F5N3O3S. The zero-order chi connectivity index (χ0) is 20.0. The highest BCUT2D eigenvalue weighted by Crippen LogP contribution is 2.44. The van der Waals surface area contributed by atoms with Crippen LogP contribution in [0, 0.1) is 0 Å². The van der Waals surface area contributed by atoms with Crippen LogP contribution in [-0.4, -0.2) is 37.0 Å². The molecule has 0 saturated carbocycles. The van der Waals surface area contributed by atoms with E-state index in [2.05, 4.69) is 9.98 Å². The number of anilines is 1. The highest BCUT2D eigenvalue weighted by atomic mass is 32.2. The Bertz CT molecular complexity index is 1030. The Kier molecular flexibility index (Phi) is 4.49. The molecule has 0 spiro atoms. The number of sulfone groups is 1. The maximum atomic E-state index is 13.5. The van der Waals surface area contributed by atoms with Gasteiger partial charge < -0.3 is 4.42 Å². The third-order valence-electron chi connectivity index (χ3n) is 3.82. The summed E-state index contributed by atoms with van der Waals surface area (Å²) in [5.74, 6) is -5.30. The Morgan fingerprint density at radius 2 is 1.93 bits per heavy atom. The Morgan fingerprint density at radius 1 is 1.22 bits per heavy atom. The van der Waals surface area contributed by atoms with Crippen molar-refractivity contribution in [3.05, 3.63) is 36.0 Å². The van der Waals surface area contributed by atoms with Crippen LogP contribution in [0.25, 0.3) is 11.1 Å². The highest BCUT2D eigenvalue weighted by Gasteiger charge is 2.58. The van der Waals surface area contributed by atoms with Gasteiger partial charge in [-0.05, 0) is 24.3 Å². The van der Waals surface area contributed by atoms with E-state index in [1.54, 1.807) is 0 Å². The van der Waals surface area contributed by atoms with Gasteiger partial charge in [-0.15, -0.1) is 0 Å². The number of hydrogen-bond acceptors (Lipinski definition) is 6. The van der Waals surface area contributed by atoms with Gasteiger partial charge in [-0.2, -0.15) is 26.9 Å². The smallest absolute Gasteiger partial charge is 0.423 e. The first-order chi connectivity index (χ1) is 12.5. The molecule has 1 aliphatic heterocycles. The van der Waals surface area contributed by atoms with Crippen LogP contribution in [0.4, 0.5) is 28.0 Å². The molecule has 146 valence electrons. The molecule has 27 heavy (non-hydrogen) atoms. The van der Waals surface area contributed by atoms with Crippen molar-refractivity contribution < 1.29 is 34.8 Å². The van der Waals surface area contributed by atoms with Crippen molar-refractivity contribution >= 4 is 33.2 Å². The van der Waals surface area contributed by atoms with E-state index in [0.717, 1.165) is 11.0 Å². The Labute approximate surface area is 149 Å². The number of nitrogens with zero attached hydrogens (tertiary/aromatic N) is 3. The van der Waals surface area contributed by atoms with Crippen LogP contribution in [-0.2, 0) is 15.8 Å². The summed E-state index contributed by atoms with van der Waals surface area (Å²) in [6.45, 7) is 1.42. The Hall–Kier alpha value is -2.50. The van der Waals surface area contributed by atoms with Crippen molar-refractivity contribution in [2.24, 2.45) is 4.99 Å². The molecule has 0 bridgehead atoms. The average Bonchev–Trinajstić information content (AvgIpc) is 3.04. The first-order valence-electron chi connectivity index (χ1n) is 7.53. The van der Waals surface area contributed by atoms with Gasteiger partial charge in [-0.25, -0.2) is 8.42 Å². The maximum Gasteiger partial charge on any atom is 0.458 e. The molecule has 0 amide bonds. The molecule has 3 rings (SSSR count). The predicted molar refractivity (Wildman–Crippen MR) is 87.3 cm³/mol. The Morgan fingerprint density at radius 3 is 2.56 bits per heavy atom. The number of halogens is 5. The van der Waals surface area contributed by atoms with E-state index in [-0.39, 0.29) is 22.9 Å². The molecule has 1 unspecified atom stereocenters. The third kappa shape index (κ3) is 3.29. The van der Waals surface area contributed by atoms with Gasteiger partial charge in [0, 0.05) is 18.0 Å². The number of alkyl halides is 5. The minimum Gasteiger partial charge on any atom is -0.423 e. The molecule has 1 aromatic heterocycles. The SMILES string of the molecule is CCS(=O)(=O)C1N=CC=CN1c1nc2cc(C(F)(F)C(F)(F)F)ccc2o1. The lowest BCUT2D eigenvalue weighted by molar-refractivity contribution is -0.289. The second-order valence-corrected chi connectivity index (χ2v) is 7.90. The third-order valence-corrected chi connectivity index (χ3v) is 5.62. The lowest BCUT2D eigenvalue weighted by Crippen LogP contribution is -2.39. The van der Waals surface area contributed by atoms with Crippen LogP contribution >= 0.6 is 0 Å². The van der Waals surface area contributed by atoms with Gasteiger partial charge in [0.25, 0.3) is 0 Å². The summed E-state index contributed by atoms with van der Waals surface area (Å²) in [4.78, 5) is 8.76. The molecule has 0 aliphatic carbocycles. The molecule has 2 aromatic rings. The van der Waals surface area contributed by atoms with E-state index >= 15 is 0 Å². The molecule has 1 atom stereocenters. The Balaban J connectivity index is 2.05. The second kappa shape index (κ2) is 6.29. The van der Waals surface area contributed by atoms with Crippen LogP contribution in [0.5, 0.6) is 0 Å². The van der Waals surface area contributed by atoms with Crippen LogP contribution in [0.2, 0.25) is 0 Å². The number of fused-ring (bicyclic) bond motifs is 1. The van der Waals surface area contributed by atoms with E-state index in [9.17, 15) is 30.4 Å². The summed E-state index contributed by atoms with van der Waals surface area (Å²) in [5.41, 5.74) is -3.03. The number of rotatable bonds is 4. The van der Waals surface area contributed by atoms with E-state index in [0.29, 0.717) is 12.1 Å². The maximum absolute atomic E-state index is 13.5. The van der Waals surface area contributed by atoms with Gasteiger partial charge in [-0.1, -0.05) is 6.92 Å². The van der Waals surface area contributed by atoms with Crippen molar-refractivity contribution in [3.63, 3.8) is 0 Å². The van der Waals surface area contributed by atoms with Crippen LogP contribution in [0.15, 0.2) is 39.9 Å². The van der Waals surface area contributed by atoms with Crippen molar-refractivity contribution in [3.8, 4) is 0 Å². The molecule has 12 heteroatoms. The van der Waals surface area contributed by atoms with Gasteiger partial charge in [0.1, 0.15) is 5.52 Å². The van der Waals surface area contributed by atoms with Crippen molar-refractivity contribution in [1.29, 1.82) is 0 Å². The van der Waals surface area contributed by atoms with Gasteiger partial charge >= 0.3 is 18.1 Å². The quantitative estimate of drug-likeness (QED) is 0.722. The first-order valence-corrected chi connectivity index (χ1v) is 9.24. The minimum atomic E-state index is -5.77. The van der Waals surface area contributed by atoms with Gasteiger partial charge in [0.05, 0.1) is 5.75 Å². The lowest BCUT2D eigenvalue weighted by atomic mass is 10.1. The number of hydrogen-bond donors (Lipinski definition) is 0. The zero-order valence-corrected chi connectivity index (χ0v) is 14.4. The summed E-state index contributed by atoms with van der Waals surface area (Å²) in [6.07, 6.45) is -1.79. The average molecular weight is 409 g/mol. The van der Waals surface area contributed by atoms with Crippen LogP contribution in [0.1, 0.15) is 12.5 Å². The first kappa shape index (κ1) is 19.3. The largest absolute Gasteiger partial charge is 0.458 e. The summed E-state index contributed by atoms with van der Waals surface area (Å²) < 4.78 is 94.3. The summed E-state index contributed by atoms with van der Waals surface area (Å²) >= 11 is 0. The monoisotopic (exact) mass is 409 g/mol. The van der Waals surface area contributed by atoms with E-state index in [1.165, 1.54) is 25.4 Å². The fourth-order valence-corrected chi connectivity index (χ4v) is 3.42. The van der Waals surface area contributed by atoms with E-state index in [4.69, 9.17) is 4.42 Å². The molecule has 1 aromatic carbocycles. The standard InChI is InChI=1S/C15H12F5N3O3S/c1-2-27(24,25)13-21-6-3-7-23(13)12-22-10-8-9(4-5-11(10)26-12)14(16,17)15(18,19)20/h3-8,13H,2H2,1H3. The lowest BCUT2D eigenvalue weighted by Gasteiger charge is -2.25. The summed E-state index contributed by atoms with van der Waals surface area (Å²) in [6, 6.07) is 1.75. The number of oxazole rings is 1. The molecule has 0 N–H and O–H groups in total.